The van der Waals surface area contributed by atoms with Crippen molar-refractivity contribution in [3.63, 3.8) is 0 Å². The quantitative estimate of drug-likeness (QED) is 0.631. The third-order valence-corrected chi connectivity index (χ3v) is 7.72. The minimum atomic E-state index is -3.43. The van der Waals surface area contributed by atoms with Crippen molar-refractivity contribution in [2.24, 2.45) is 0 Å². The van der Waals surface area contributed by atoms with Crippen LogP contribution in [-0.2, 0) is 19.6 Å². The van der Waals surface area contributed by atoms with Gasteiger partial charge in [0.1, 0.15) is 18.4 Å². The lowest BCUT2D eigenvalue weighted by Crippen LogP contribution is -2.52. The van der Waals surface area contributed by atoms with Crippen molar-refractivity contribution in [3.05, 3.63) is 29.3 Å². The second kappa shape index (κ2) is 9.41. The average Bonchev–Trinajstić information content (AvgIpc) is 3.20. The molecule has 2 aliphatic rings. The second-order valence-corrected chi connectivity index (χ2v) is 9.58. The van der Waals surface area contributed by atoms with Crippen LogP contribution in [0.5, 0.6) is 5.75 Å². The summed E-state index contributed by atoms with van der Waals surface area (Å²) in [6, 6.07) is 6.66. The molecule has 0 spiro atoms. The van der Waals surface area contributed by atoms with Crippen molar-refractivity contribution in [1.29, 1.82) is 0 Å². The van der Waals surface area contributed by atoms with Gasteiger partial charge in [-0.1, -0.05) is 11.6 Å². The Morgan fingerprint density at radius 1 is 1.21 bits per heavy atom. The molecule has 1 N–H and O–H groups in total. The molecular formula is C18H26ClN3O5S. The zero-order chi connectivity index (χ0) is 20.1. The number of hydrogen-bond acceptors (Lipinski definition) is 7. The molecule has 10 heteroatoms. The third kappa shape index (κ3) is 5.15. The number of nitrogens with zero attached hydrogens (tertiary/aromatic N) is 2. The number of sulfonamides is 1. The van der Waals surface area contributed by atoms with Crippen molar-refractivity contribution < 1.29 is 22.7 Å². The van der Waals surface area contributed by atoms with Gasteiger partial charge in [0.25, 0.3) is 0 Å². The predicted octanol–water partition coefficient (Wildman–Crippen LogP) is 0.570. The summed E-state index contributed by atoms with van der Waals surface area (Å²) in [5, 5.41) is 3.02. The first-order valence-corrected chi connectivity index (χ1v) is 11.2. The first kappa shape index (κ1) is 21.3. The van der Waals surface area contributed by atoms with Crippen LogP contribution in [0.4, 0.5) is 0 Å². The first-order chi connectivity index (χ1) is 13.4. The van der Waals surface area contributed by atoms with Crippen LogP contribution in [0.25, 0.3) is 0 Å². The van der Waals surface area contributed by atoms with Gasteiger partial charge in [0.2, 0.25) is 10.0 Å². The minimum Gasteiger partial charge on any atom is -0.492 e. The fourth-order valence-electron chi connectivity index (χ4n) is 3.49. The normalized spacial score (nSPS) is 24.2. The molecule has 0 aromatic heterocycles. The van der Waals surface area contributed by atoms with Crippen LogP contribution < -0.4 is 10.1 Å². The minimum absolute atomic E-state index is 0.254. The van der Waals surface area contributed by atoms with E-state index in [1.54, 1.807) is 12.1 Å². The largest absolute Gasteiger partial charge is 0.492 e. The van der Waals surface area contributed by atoms with E-state index >= 15 is 0 Å². The molecular weight excluding hydrogens is 406 g/mol. The number of carbonyl (C=O) groups excluding carboxylic acids is 1. The number of methoxy groups -OCH3 is 1. The second-order valence-electron chi connectivity index (χ2n) is 6.93. The van der Waals surface area contributed by atoms with E-state index in [2.05, 4.69) is 10.2 Å². The van der Waals surface area contributed by atoms with Gasteiger partial charge >= 0.3 is 5.97 Å². The number of halogens is 1. The van der Waals surface area contributed by atoms with Crippen LogP contribution in [0.2, 0.25) is 5.02 Å². The van der Waals surface area contributed by atoms with Gasteiger partial charge in [-0.15, -0.1) is 0 Å². The first-order valence-electron chi connectivity index (χ1n) is 9.31. The average molecular weight is 432 g/mol. The highest BCUT2D eigenvalue weighted by atomic mass is 35.5. The highest BCUT2D eigenvalue weighted by Crippen LogP contribution is 2.21. The number of rotatable bonds is 7. The molecule has 1 aromatic carbocycles. The van der Waals surface area contributed by atoms with E-state index in [1.165, 1.54) is 11.4 Å². The molecule has 2 atom stereocenters. The van der Waals surface area contributed by atoms with E-state index in [-0.39, 0.29) is 13.0 Å². The van der Waals surface area contributed by atoms with Gasteiger partial charge in [0.05, 0.1) is 12.4 Å². The number of esters is 1. The summed E-state index contributed by atoms with van der Waals surface area (Å²) in [5.41, 5.74) is 0. The van der Waals surface area contributed by atoms with Gasteiger partial charge in [-0.3, -0.25) is 9.69 Å². The Morgan fingerprint density at radius 2 is 1.89 bits per heavy atom. The summed E-state index contributed by atoms with van der Waals surface area (Å²) in [4.78, 5) is 13.8. The molecule has 2 saturated heterocycles. The van der Waals surface area contributed by atoms with Crippen LogP contribution in [0, 0.1) is 0 Å². The number of carbonyl (C=O) groups is 1. The van der Waals surface area contributed by atoms with Gasteiger partial charge in [-0.05, 0) is 30.7 Å². The fourth-order valence-corrected chi connectivity index (χ4v) is 5.46. The monoisotopic (exact) mass is 431 g/mol. The smallest absolute Gasteiger partial charge is 0.322 e. The predicted molar refractivity (Wildman–Crippen MR) is 106 cm³/mol. The number of nitrogens with one attached hydrogen (secondary N) is 1. The maximum absolute atomic E-state index is 12.9. The SMILES string of the molecule is COC(=O)C1CC(S(=O)(=O)N2CCN(CCOc3ccc(Cl)cc3)CC2)CN1. The van der Waals surface area contributed by atoms with Crippen molar-refractivity contribution >= 4 is 27.6 Å². The molecule has 3 rings (SSSR count). The summed E-state index contributed by atoms with van der Waals surface area (Å²) < 4.78 is 37.6. The van der Waals surface area contributed by atoms with Crippen LogP contribution in [-0.4, -0.2) is 87.9 Å². The Balaban J connectivity index is 1.43. The van der Waals surface area contributed by atoms with E-state index in [4.69, 9.17) is 21.1 Å². The molecule has 2 heterocycles. The molecule has 0 amide bonds. The van der Waals surface area contributed by atoms with Crippen molar-refractivity contribution in [2.45, 2.75) is 17.7 Å². The Labute approximate surface area is 170 Å². The Hall–Kier alpha value is -1.39. The molecule has 2 unspecified atom stereocenters. The molecule has 1 aromatic rings. The summed E-state index contributed by atoms with van der Waals surface area (Å²) in [5.74, 6) is 0.350. The number of piperazine rings is 1. The maximum atomic E-state index is 12.9. The Bertz CT molecular complexity index is 766. The van der Waals surface area contributed by atoms with Crippen LogP contribution >= 0.6 is 11.6 Å². The summed E-state index contributed by atoms with van der Waals surface area (Å²) in [6.07, 6.45) is 0.254. The number of hydrogen-bond donors (Lipinski definition) is 1. The fraction of sp³-hybridized carbons (Fsp3) is 0.611. The van der Waals surface area contributed by atoms with E-state index in [1.807, 2.05) is 12.1 Å². The molecule has 0 bridgehead atoms. The van der Waals surface area contributed by atoms with Gasteiger partial charge < -0.3 is 14.8 Å². The van der Waals surface area contributed by atoms with Gasteiger partial charge in [-0.2, -0.15) is 4.31 Å². The molecule has 8 nitrogen and oxygen atoms in total. The van der Waals surface area contributed by atoms with Crippen molar-refractivity contribution in [2.75, 3.05) is 53.0 Å². The third-order valence-electron chi connectivity index (χ3n) is 5.18. The standard InChI is InChI=1S/C18H26ClN3O5S/c1-26-18(23)17-12-16(13-20-17)28(24,25)22-8-6-21(7-9-22)10-11-27-15-4-2-14(19)3-5-15/h2-5,16-17,20H,6-13H2,1H3. The Kier molecular flexibility index (Phi) is 7.16. The topological polar surface area (TPSA) is 88.2 Å². The molecule has 0 saturated carbocycles. The summed E-state index contributed by atoms with van der Waals surface area (Å²) in [6.45, 7) is 3.74. The van der Waals surface area contributed by atoms with Gasteiger partial charge in [-0.25, -0.2) is 8.42 Å². The van der Waals surface area contributed by atoms with E-state index < -0.39 is 27.3 Å². The lowest BCUT2D eigenvalue weighted by atomic mass is 10.2. The van der Waals surface area contributed by atoms with E-state index in [0.29, 0.717) is 37.8 Å². The zero-order valence-electron chi connectivity index (χ0n) is 15.8. The van der Waals surface area contributed by atoms with E-state index in [9.17, 15) is 13.2 Å². The molecule has 28 heavy (non-hydrogen) atoms. The van der Waals surface area contributed by atoms with Crippen molar-refractivity contribution in [1.82, 2.24) is 14.5 Å². The van der Waals surface area contributed by atoms with Crippen LogP contribution in [0.1, 0.15) is 6.42 Å². The molecule has 2 fully saturated rings. The molecule has 2 aliphatic heterocycles. The molecule has 0 radical (unpaired) electrons. The lowest BCUT2D eigenvalue weighted by Gasteiger charge is -2.35. The van der Waals surface area contributed by atoms with E-state index in [0.717, 1.165) is 12.3 Å². The zero-order valence-corrected chi connectivity index (χ0v) is 17.4. The molecule has 0 aliphatic carbocycles. The van der Waals surface area contributed by atoms with Gasteiger partial charge in [0.15, 0.2) is 0 Å². The highest BCUT2D eigenvalue weighted by molar-refractivity contribution is 7.89. The Morgan fingerprint density at radius 3 is 2.54 bits per heavy atom. The maximum Gasteiger partial charge on any atom is 0.322 e. The number of ether oxygens (including phenoxy) is 2. The summed E-state index contributed by atoms with van der Waals surface area (Å²) in [7, 11) is -2.13. The summed E-state index contributed by atoms with van der Waals surface area (Å²) >= 11 is 5.85. The van der Waals surface area contributed by atoms with Crippen LogP contribution in [0.15, 0.2) is 24.3 Å². The lowest BCUT2D eigenvalue weighted by molar-refractivity contribution is -0.142. The van der Waals surface area contributed by atoms with Crippen molar-refractivity contribution in [3.8, 4) is 5.75 Å². The molecule has 156 valence electrons. The van der Waals surface area contributed by atoms with Crippen LogP contribution in [0.3, 0.4) is 0 Å². The number of benzene rings is 1. The van der Waals surface area contributed by atoms with Gasteiger partial charge in [0, 0.05) is 44.3 Å². The highest BCUT2D eigenvalue weighted by Gasteiger charge is 2.41.